The fourth-order valence-electron chi connectivity index (χ4n) is 1.45. The molecule has 1 aliphatic heterocycles. The average molecular weight is 234 g/mol. The van der Waals surface area contributed by atoms with E-state index in [0.29, 0.717) is 24.7 Å². The Morgan fingerprint density at radius 2 is 2.41 bits per heavy atom. The molecule has 7 nitrogen and oxygen atoms in total. The third kappa shape index (κ3) is 2.81. The summed E-state index contributed by atoms with van der Waals surface area (Å²) < 4.78 is 0. The van der Waals surface area contributed by atoms with Crippen LogP contribution in [0.1, 0.15) is 19.3 Å². The lowest BCUT2D eigenvalue weighted by Gasteiger charge is -2.30. The van der Waals surface area contributed by atoms with Crippen molar-refractivity contribution in [1.82, 2.24) is 15.6 Å². The van der Waals surface area contributed by atoms with Crippen LogP contribution in [0.5, 0.6) is 0 Å². The highest BCUT2D eigenvalue weighted by atomic mass is 16.1. The maximum Gasteiger partial charge on any atom is 0.229 e. The largest absolute Gasteiger partial charge is 0.297 e. The van der Waals surface area contributed by atoms with Crippen molar-refractivity contribution in [3.05, 3.63) is 0 Å². The van der Waals surface area contributed by atoms with E-state index in [2.05, 4.69) is 26.5 Å². The molecule has 1 fully saturated rings. The summed E-state index contributed by atoms with van der Waals surface area (Å²) in [6.45, 7) is 0. The van der Waals surface area contributed by atoms with Gasteiger partial charge in [0.15, 0.2) is 6.29 Å². The van der Waals surface area contributed by atoms with Gasteiger partial charge in [0.2, 0.25) is 12.4 Å². The second-order valence-corrected chi connectivity index (χ2v) is 3.85. The maximum atomic E-state index is 10.4. The van der Waals surface area contributed by atoms with E-state index in [4.69, 9.17) is 12.3 Å². The minimum Gasteiger partial charge on any atom is -0.297 e. The van der Waals surface area contributed by atoms with Crippen LogP contribution in [0.3, 0.4) is 0 Å². The van der Waals surface area contributed by atoms with Crippen LogP contribution in [0.2, 0.25) is 0 Å². The van der Waals surface area contributed by atoms with E-state index >= 15 is 0 Å². The monoisotopic (exact) mass is 234 g/mol. The predicted octanol–water partition coefficient (Wildman–Crippen LogP) is -1.26. The normalized spacial score (nSPS) is 23.5. The van der Waals surface area contributed by atoms with Crippen molar-refractivity contribution in [2.75, 3.05) is 0 Å². The fraction of sp³-hybridized carbons (Fsp3) is 0.500. The lowest BCUT2D eigenvalue weighted by atomic mass is 10.3. The van der Waals surface area contributed by atoms with Gasteiger partial charge in [0, 0.05) is 6.04 Å². The first-order valence-corrected chi connectivity index (χ1v) is 5.33. The number of hydrogen-bond donors (Lipinski definition) is 3. The molecule has 0 spiro atoms. The number of hydrogen-bond acceptors (Lipinski definition) is 6. The number of nitrogens with two attached hydrogens (primary N) is 1. The first-order valence-electron chi connectivity index (χ1n) is 5.33. The molecule has 7 heteroatoms. The Bertz CT molecular complexity index is 406. The Kier molecular flexibility index (Phi) is 3.37. The van der Waals surface area contributed by atoms with Gasteiger partial charge in [0.25, 0.3) is 0 Å². The molecule has 1 atom stereocenters. The first kappa shape index (κ1) is 11.6. The van der Waals surface area contributed by atoms with Crippen molar-refractivity contribution in [2.24, 2.45) is 15.8 Å². The second kappa shape index (κ2) is 4.95. The molecule has 1 unspecified atom stereocenters. The molecule has 90 valence electrons. The van der Waals surface area contributed by atoms with Gasteiger partial charge >= 0.3 is 0 Å². The molecule has 2 aliphatic rings. The van der Waals surface area contributed by atoms with Gasteiger partial charge in [0.05, 0.1) is 6.42 Å². The molecule has 4 N–H and O–H groups in total. The maximum absolute atomic E-state index is 10.4. The highest BCUT2D eigenvalue weighted by Crippen LogP contribution is 2.20. The average Bonchev–Trinajstić information content (AvgIpc) is 3.09. The SMILES string of the molecule is C#CCC1=NC(NC=O)=NC(NC2CC2)N1N. The number of terminal acetylenes is 1. The van der Waals surface area contributed by atoms with E-state index in [-0.39, 0.29) is 5.96 Å². The van der Waals surface area contributed by atoms with E-state index in [9.17, 15) is 4.79 Å². The van der Waals surface area contributed by atoms with Gasteiger partial charge in [-0.1, -0.05) is 5.92 Å². The summed E-state index contributed by atoms with van der Waals surface area (Å²) in [4.78, 5) is 18.6. The summed E-state index contributed by atoms with van der Waals surface area (Å²) in [5, 5.41) is 7.03. The topological polar surface area (TPSA) is 95.1 Å². The smallest absolute Gasteiger partial charge is 0.229 e. The van der Waals surface area contributed by atoms with Gasteiger partial charge in [-0.3, -0.25) is 20.4 Å². The van der Waals surface area contributed by atoms with Crippen LogP contribution in [0.15, 0.2) is 9.98 Å². The number of amidine groups is 1. The van der Waals surface area contributed by atoms with Gasteiger partial charge in [-0.15, -0.1) is 6.42 Å². The summed E-state index contributed by atoms with van der Waals surface area (Å²) in [6.07, 6.45) is 7.84. The molecule has 0 saturated heterocycles. The summed E-state index contributed by atoms with van der Waals surface area (Å²) in [5.41, 5.74) is 0. The van der Waals surface area contributed by atoms with E-state index < -0.39 is 6.29 Å². The Morgan fingerprint density at radius 3 is 3.00 bits per heavy atom. The summed E-state index contributed by atoms with van der Waals surface area (Å²) in [6, 6.07) is 0.428. The van der Waals surface area contributed by atoms with Crippen LogP contribution >= 0.6 is 0 Å². The molecule has 1 heterocycles. The number of nitrogens with zero attached hydrogens (tertiary/aromatic N) is 3. The predicted molar refractivity (Wildman–Crippen MR) is 63.5 cm³/mol. The highest BCUT2D eigenvalue weighted by Gasteiger charge is 2.30. The molecule has 17 heavy (non-hydrogen) atoms. The van der Waals surface area contributed by atoms with Gasteiger partial charge in [-0.25, -0.2) is 10.8 Å². The Hall–Kier alpha value is -1.91. The van der Waals surface area contributed by atoms with Crippen molar-refractivity contribution < 1.29 is 4.79 Å². The Labute approximate surface area is 99.1 Å². The van der Waals surface area contributed by atoms with Crippen molar-refractivity contribution >= 4 is 18.2 Å². The van der Waals surface area contributed by atoms with Crippen LogP contribution in [-0.4, -0.2) is 35.5 Å². The molecule has 1 amide bonds. The van der Waals surface area contributed by atoms with E-state index in [0.717, 1.165) is 12.8 Å². The molecule has 1 aliphatic carbocycles. The van der Waals surface area contributed by atoms with Crippen molar-refractivity contribution in [3.63, 3.8) is 0 Å². The van der Waals surface area contributed by atoms with Gasteiger partial charge in [0.1, 0.15) is 5.84 Å². The van der Waals surface area contributed by atoms with E-state index in [1.807, 2.05) is 0 Å². The van der Waals surface area contributed by atoms with E-state index in [1.165, 1.54) is 5.01 Å². The molecule has 0 aromatic heterocycles. The van der Waals surface area contributed by atoms with Crippen molar-refractivity contribution in [3.8, 4) is 12.3 Å². The van der Waals surface area contributed by atoms with E-state index in [1.54, 1.807) is 0 Å². The number of carbonyl (C=O) groups excluding carboxylic acids is 1. The summed E-state index contributed by atoms with van der Waals surface area (Å²) >= 11 is 0. The van der Waals surface area contributed by atoms with Crippen LogP contribution in [0, 0.1) is 12.3 Å². The molecule has 2 rings (SSSR count). The van der Waals surface area contributed by atoms with Crippen molar-refractivity contribution in [2.45, 2.75) is 31.6 Å². The molecule has 0 aromatic carbocycles. The molecule has 0 radical (unpaired) electrons. The van der Waals surface area contributed by atoms with Gasteiger partial charge in [-0.05, 0) is 12.8 Å². The lowest BCUT2D eigenvalue weighted by molar-refractivity contribution is -0.108. The fourth-order valence-corrected chi connectivity index (χ4v) is 1.45. The summed E-state index contributed by atoms with van der Waals surface area (Å²) in [5.74, 6) is 9.07. The molecular formula is C10H14N6O. The van der Waals surface area contributed by atoms with Gasteiger partial charge in [-0.2, -0.15) is 4.99 Å². The number of hydrazine groups is 1. The van der Waals surface area contributed by atoms with Crippen LogP contribution in [-0.2, 0) is 4.79 Å². The number of aliphatic imine (C=N–C) groups is 2. The van der Waals surface area contributed by atoms with Crippen molar-refractivity contribution in [1.29, 1.82) is 0 Å². The minimum atomic E-state index is -0.425. The highest BCUT2D eigenvalue weighted by molar-refractivity contribution is 6.01. The zero-order chi connectivity index (χ0) is 12.3. The number of carbonyl (C=O) groups is 1. The molecular weight excluding hydrogens is 220 g/mol. The lowest BCUT2D eigenvalue weighted by Crippen LogP contribution is -2.55. The standard InChI is InChI=1S/C10H14N6O/c1-2-3-8-14-9(12-6-17)15-10(16(8)11)13-7-4-5-7/h1,6-7,10,13H,3-5,11H2,(H,12,15,17). The van der Waals surface area contributed by atoms with Crippen LogP contribution < -0.4 is 16.5 Å². The molecule has 0 bridgehead atoms. The molecule has 1 saturated carbocycles. The quantitative estimate of drug-likeness (QED) is 0.321. The number of amides is 1. The van der Waals surface area contributed by atoms with Crippen LogP contribution in [0.4, 0.5) is 0 Å². The second-order valence-electron chi connectivity index (χ2n) is 3.85. The summed E-state index contributed by atoms with van der Waals surface area (Å²) in [7, 11) is 0. The van der Waals surface area contributed by atoms with Gasteiger partial charge < -0.3 is 0 Å². The zero-order valence-corrected chi connectivity index (χ0v) is 9.26. The van der Waals surface area contributed by atoms with Crippen LogP contribution in [0.25, 0.3) is 0 Å². The number of rotatable bonds is 4. The molecule has 0 aromatic rings. The Balaban J connectivity index is 2.13. The minimum absolute atomic E-state index is 0.227. The Morgan fingerprint density at radius 1 is 1.65 bits per heavy atom. The number of guanidine groups is 1. The first-order chi connectivity index (χ1) is 8.24. The third-order valence-electron chi connectivity index (χ3n) is 2.45. The number of nitrogens with one attached hydrogen (secondary N) is 2. The zero-order valence-electron chi connectivity index (χ0n) is 9.26. The third-order valence-corrected chi connectivity index (χ3v) is 2.45.